The first-order chi connectivity index (χ1) is 9.15. The SMILES string of the molecule is CCC(=O)c1ccc(-n2cnc(C(=O)OC)n2)cc1. The van der Waals surface area contributed by atoms with Crippen LogP contribution >= 0.6 is 0 Å². The minimum atomic E-state index is -0.587. The molecule has 0 N–H and O–H groups in total. The molecule has 6 heteroatoms. The van der Waals surface area contributed by atoms with E-state index in [9.17, 15) is 9.59 Å². The Bertz CT molecular complexity index is 602. The normalized spacial score (nSPS) is 10.2. The fourth-order valence-electron chi connectivity index (χ4n) is 1.58. The first-order valence-electron chi connectivity index (χ1n) is 5.79. The van der Waals surface area contributed by atoms with Crippen LogP contribution in [0.1, 0.15) is 34.3 Å². The molecule has 2 rings (SSSR count). The number of carbonyl (C=O) groups excluding carboxylic acids is 2. The van der Waals surface area contributed by atoms with Crippen molar-refractivity contribution in [2.75, 3.05) is 7.11 Å². The average molecular weight is 259 g/mol. The predicted molar refractivity (Wildman–Crippen MR) is 67.3 cm³/mol. The molecular formula is C13H13N3O3. The van der Waals surface area contributed by atoms with E-state index in [0.717, 1.165) is 5.69 Å². The van der Waals surface area contributed by atoms with E-state index in [4.69, 9.17) is 0 Å². The second-order valence-electron chi connectivity index (χ2n) is 3.83. The van der Waals surface area contributed by atoms with Crippen LogP contribution in [-0.2, 0) is 4.74 Å². The van der Waals surface area contributed by atoms with Crippen molar-refractivity contribution in [2.45, 2.75) is 13.3 Å². The summed E-state index contributed by atoms with van der Waals surface area (Å²) in [6.07, 6.45) is 1.89. The van der Waals surface area contributed by atoms with Crippen molar-refractivity contribution in [2.24, 2.45) is 0 Å². The Hall–Kier alpha value is -2.50. The molecule has 0 spiro atoms. The van der Waals surface area contributed by atoms with Crippen molar-refractivity contribution < 1.29 is 14.3 Å². The fourth-order valence-corrected chi connectivity index (χ4v) is 1.58. The summed E-state index contributed by atoms with van der Waals surface area (Å²) in [4.78, 5) is 26.6. The number of ether oxygens (including phenoxy) is 1. The van der Waals surface area contributed by atoms with E-state index in [1.165, 1.54) is 18.1 Å². The number of ketones is 1. The zero-order chi connectivity index (χ0) is 13.8. The summed E-state index contributed by atoms with van der Waals surface area (Å²) < 4.78 is 5.98. The standard InChI is InChI=1S/C13H13N3O3/c1-3-11(17)9-4-6-10(7-5-9)16-8-14-12(15-16)13(18)19-2/h4-8H,3H2,1-2H3. The Morgan fingerprint density at radius 3 is 2.53 bits per heavy atom. The molecule has 0 atom stereocenters. The summed E-state index contributed by atoms with van der Waals surface area (Å²) in [5.74, 6) is -0.506. The molecule has 0 saturated carbocycles. The number of carbonyl (C=O) groups is 2. The highest BCUT2D eigenvalue weighted by Gasteiger charge is 2.12. The highest BCUT2D eigenvalue weighted by atomic mass is 16.5. The van der Waals surface area contributed by atoms with Gasteiger partial charge in [-0.15, -0.1) is 5.10 Å². The summed E-state index contributed by atoms with van der Waals surface area (Å²) in [5.41, 5.74) is 1.37. The molecule has 1 aromatic carbocycles. The summed E-state index contributed by atoms with van der Waals surface area (Å²) in [5, 5.41) is 3.99. The van der Waals surface area contributed by atoms with Gasteiger partial charge in [-0.1, -0.05) is 6.92 Å². The minimum absolute atomic E-state index is 0.00351. The second kappa shape index (κ2) is 5.43. The zero-order valence-corrected chi connectivity index (χ0v) is 10.7. The van der Waals surface area contributed by atoms with Crippen LogP contribution in [0.5, 0.6) is 0 Å². The maximum atomic E-state index is 11.5. The first-order valence-corrected chi connectivity index (χ1v) is 5.79. The number of hydrogen-bond donors (Lipinski definition) is 0. The van der Waals surface area contributed by atoms with Gasteiger partial charge in [0.25, 0.3) is 5.82 Å². The number of aromatic nitrogens is 3. The molecule has 0 bridgehead atoms. The van der Waals surface area contributed by atoms with Crippen LogP contribution in [0, 0.1) is 0 Å². The molecule has 0 saturated heterocycles. The van der Waals surface area contributed by atoms with Crippen LogP contribution < -0.4 is 0 Å². The molecule has 0 fully saturated rings. The van der Waals surface area contributed by atoms with Gasteiger partial charge in [-0.05, 0) is 24.3 Å². The Kier molecular flexibility index (Phi) is 3.70. The first kappa shape index (κ1) is 12.9. The van der Waals surface area contributed by atoms with Crippen molar-refractivity contribution in [3.8, 4) is 5.69 Å². The van der Waals surface area contributed by atoms with Gasteiger partial charge in [0.1, 0.15) is 6.33 Å². The molecule has 1 aromatic heterocycles. The topological polar surface area (TPSA) is 74.1 Å². The Labute approximate surface area is 110 Å². The van der Waals surface area contributed by atoms with Gasteiger partial charge in [-0.2, -0.15) is 0 Å². The van der Waals surface area contributed by atoms with E-state index in [2.05, 4.69) is 14.8 Å². The largest absolute Gasteiger partial charge is 0.463 e. The average Bonchev–Trinajstić information content (AvgIpc) is 2.95. The summed E-state index contributed by atoms with van der Waals surface area (Å²) in [7, 11) is 1.27. The van der Waals surface area contributed by atoms with Crippen LogP contribution in [0.25, 0.3) is 5.69 Å². The Balaban J connectivity index is 2.25. The second-order valence-corrected chi connectivity index (χ2v) is 3.83. The van der Waals surface area contributed by atoms with E-state index in [-0.39, 0.29) is 11.6 Å². The van der Waals surface area contributed by atoms with Crippen LogP contribution in [0.4, 0.5) is 0 Å². The highest BCUT2D eigenvalue weighted by molar-refractivity contribution is 5.95. The Morgan fingerprint density at radius 2 is 1.95 bits per heavy atom. The van der Waals surface area contributed by atoms with Gasteiger partial charge >= 0.3 is 5.97 Å². The van der Waals surface area contributed by atoms with E-state index in [0.29, 0.717) is 12.0 Å². The quantitative estimate of drug-likeness (QED) is 0.616. The molecule has 1 heterocycles. The van der Waals surface area contributed by atoms with Gasteiger partial charge in [0, 0.05) is 12.0 Å². The maximum Gasteiger partial charge on any atom is 0.377 e. The number of benzene rings is 1. The zero-order valence-electron chi connectivity index (χ0n) is 10.7. The minimum Gasteiger partial charge on any atom is -0.463 e. The fraction of sp³-hybridized carbons (Fsp3) is 0.231. The third-order valence-corrected chi connectivity index (χ3v) is 2.63. The number of esters is 1. The molecule has 0 unspecified atom stereocenters. The van der Waals surface area contributed by atoms with Gasteiger partial charge in [0.2, 0.25) is 0 Å². The lowest BCUT2D eigenvalue weighted by Gasteiger charge is -2.02. The van der Waals surface area contributed by atoms with Gasteiger partial charge in [-0.25, -0.2) is 14.5 Å². The molecule has 2 aromatic rings. The van der Waals surface area contributed by atoms with Crippen LogP contribution in [0.3, 0.4) is 0 Å². The van der Waals surface area contributed by atoms with Crippen molar-refractivity contribution in [1.29, 1.82) is 0 Å². The summed E-state index contributed by atoms with van der Waals surface area (Å²) >= 11 is 0. The van der Waals surface area contributed by atoms with Gasteiger partial charge in [0.05, 0.1) is 12.8 Å². The van der Waals surface area contributed by atoms with Crippen LogP contribution in [-0.4, -0.2) is 33.6 Å². The smallest absolute Gasteiger partial charge is 0.377 e. The molecular weight excluding hydrogens is 246 g/mol. The molecule has 0 aliphatic rings. The predicted octanol–water partition coefficient (Wildman–Crippen LogP) is 1.65. The number of hydrogen-bond acceptors (Lipinski definition) is 5. The summed E-state index contributed by atoms with van der Waals surface area (Å²) in [6, 6.07) is 6.94. The van der Waals surface area contributed by atoms with Crippen molar-refractivity contribution in [1.82, 2.24) is 14.8 Å². The Morgan fingerprint density at radius 1 is 1.26 bits per heavy atom. The number of nitrogens with zero attached hydrogens (tertiary/aromatic N) is 3. The van der Waals surface area contributed by atoms with Crippen molar-refractivity contribution >= 4 is 11.8 Å². The van der Waals surface area contributed by atoms with Gasteiger partial charge in [-0.3, -0.25) is 4.79 Å². The molecule has 0 radical (unpaired) electrons. The maximum absolute atomic E-state index is 11.5. The summed E-state index contributed by atoms with van der Waals surface area (Å²) in [6.45, 7) is 1.82. The monoisotopic (exact) mass is 259 g/mol. The third kappa shape index (κ3) is 2.67. The van der Waals surface area contributed by atoms with Gasteiger partial charge in [0.15, 0.2) is 5.78 Å². The van der Waals surface area contributed by atoms with Crippen LogP contribution in [0.2, 0.25) is 0 Å². The van der Waals surface area contributed by atoms with E-state index in [1.807, 2.05) is 6.92 Å². The van der Waals surface area contributed by atoms with Crippen LogP contribution in [0.15, 0.2) is 30.6 Å². The third-order valence-electron chi connectivity index (χ3n) is 2.63. The number of rotatable bonds is 4. The van der Waals surface area contributed by atoms with Crippen molar-refractivity contribution in [3.05, 3.63) is 42.0 Å². The lowest BCUT2D eigenvalue weighted by Crippen LogP contribution is -2.05. The molecule has 0 aliphatic carbocycles. The lowest BCUT2D eigenvalue weighted by atomic mass is 10.1. The molecule has 98 valence electrons. The number of Topliss-reactive ketones (excluding diaryl/α,β-unsaturated/α-hetero) is 1. The lowest BCUT2D eigenvalue weighted by molar-refractivity contribution is 0.0587. The molecule has 0 amide bonds. The molecule has 6 nitrogen and oxygen atoms in total. The number of methoxy groups -OCH3 is 1. The van der Waals surface area contributed by atoms with Gasteiger partial charge < -0.3 is 4.74 Å². The highest BCUT2D eigenvalue weighted by Crippen LogP contribution is 2.10. The van der Waals surface area contributed by atoms with E-state index in [1.54, 1.807) is 24.3 Å². The molecule has 19 heavy (non-hydrogen) atoms. The molecule has 0 aliphatic heterocycles. The van der Waals surface area contributed by atoms with Crippen molar-refractivity contribution in [3.63, 3.8) is 0 Å². The van der Waals surface area contributed by atoms with E-state index >= 15 is 0 Å². The van der Waals surface area contributed by atoms with E-state index < -0.39 is 5.97 Å².